The molecule has 0 spiro atoms. The van der Waals surface area contributed by atoms with E-state index < -0.39 is 6.10 Å². The normalized spacial score (nSPS) is 31.1. The summed E-state index contributed by atoms with van der Waals surface area (Å²) in [6.45, 7) is 1.21. The van der Waals surface area contributed by atoms with E-state index in [0.29, 0.717) is 18.7 Å². The maximum absolute atomic E-state index is 12.2. The lowest BCUT2D eigenvalue weighted by Crippen LogP contribution is -2.44. The third kappa shape index (κ3) is 2.94. The molecule has 2 aliphatic rings. The minimum atomic E-state index is -0.604. The summed E-state index contributed by atoms with van der Waals surface area (Å²) in [6, 6.07) is 7.18. The predicted molar refractivity (Wildman–Crippen MR) is 75.9 cm³/mol. The van der Waals surface area contributed by atoms with E-state index >= 15 is 0 Å². The minimum Gasteiger partial charge on any atom is -0.388 e. The Morgan fingerprint density at radius 3 is 2.67 bits per heavy atom. The van der Waals surface area contributed by atoms with Crippen molar-refractivity contribution in [1.29, 1.82) is 0 Å². The number of ether oxygens (including phenoxy) is 2. The van der Waals surface area contributed by atoms with Gasteiger partial charge in [-0.15, -0.1) is 0 Å². The van der Waals surface area contributed by atoms with Crippen molar-refractivity contribution in [3.8, 4) is 0 Å². The average Bonchev–Trinajstić information content (AvgIpc) is 3.04. The first kappa shape index (κ1) is 14.5. The van der Waals surface area contributed by atoms with Crippen LogP contribution in [-0.4, -0.2) is 55.1 Å². The zero-order valence-corrected chi connectivity index (χ0v) is 11.7. The molecule has 1 aromatic rings. The predicted octanol–water partition coefficient (Wildman–Crippen LogP) is -0.555. The van der Waals surface area contributed by atoms with Crippen LogP contribution in [0.15, 0.2) is 24.3 Å². The molecular weight excluding hydrogens is 272 g/mol. The second-order valence-corrected chi connectivity index (χ2v) is 5.48. The van der Waals surface area contributed by atoms with Crippen LogP contribution in [0.4, 0.5) is 0 Å². The van der Waals surface area contributed by atoms with Gasteiger partial charge in [0, 0.05) is 5.56 Å². The van der Waals surface area contributed by atoms with Crippen LogP contribution < -0.4 is 11.1 Å². The van der Waals surface area contributed by atoms with E-state index in [1.165, 1.54) is 0 Å². The number of fused-ring (bicyclic) bond motifs is 1. The number of aliphatic hydroxyl groups excluding tert-OH is 1. The molecule has 0 saturated carbocycles. The van der Waals surface area contributed by atoms with Crippen LogP contribution in [0, 0.1) is 0 Å². The molecule has 3 rings (SSSR count). The molecular formula is C15H20N2O4. The van der Waals surface area contributed by atoms with Gasteiger partial charge in [-0.1, -0.05) is 12.1 Å². The fourth-order valence-electron chi connectivity index (χ4n) is 2.84. The lowest BCUT2D eigenvalue weighted by molar-refractivity contribution is 0.0178. The molecule has 0 bridgehead atoms. The smallest absolute Gasteiger partial charge is 0.251 e. The van der Waals surface area contributed by atoms with Gasteiger partial charge in [0.25, 0.3) is 5.91 Å². The molecule has 2 aliphatic heterocycles. The van der Waals surface area contributed by atoms with Gasteiger partial charge in [0.05, 0.1) is 19.3 Å². The number of rotatable bonds is 4. The molecule has 114 valence electrons. The van der Waals surface area contributed by atoms with E-state index in [4.69, 9.17) is 15.2 Å². The largest absolute Gasteiger partial charge is 0.388 e. The van der Waals surface area contributed by atoms with E-state index in [0.717, 1.165) is 12.0 Å². The van der Waals surface area contributed by atoms with Crippen molar-refractivity contribution in [1.82, 2.24) is 5.32 Å². The molecule has 1 amide bonds. The molecule has 2 heterocycles. The summed E-state index contributed by atoms with van der Waals surface area (Å²) in [7, 11) is 0. The third-order valence-electron chi connectivity index (χ3n) is 3.99. The quantitative estimate of drug-likeness (QED) is 0.692. The maximum atomic E-state index is 12.2. The number of hydrogen-bond acceptors (Lipinski definition) is 5. The maximum Gasteiger partial charge on any atom is 0.251 e. The third-order valence-corrected chi connectivity index (χ3v) is 3.99. The molecule has 0 aliphatic carbocycles. The van der Waals surface area contributed by atoms with E-state index in [2.05, 4.69) is 5.32 Å². The lowest BCUT2D eigenvalue weighted by Gasteiger charge is -2.17. The van der Waals surface area contributed by atoms with Crippen LogP contribution in [0.3, 0.4) is 0 Å². The van der Waals surface area contributed by atoms with Crippen LogP contribution in [0.2, 0.25) is 0 Å². The van der Waals surface area contributed by atoms with Crippen molar-refractivity contribution in [3.05, 3.63) is 35.4 Å². The van der Waals surface area contributed by atoms with Crippen molar-refractivity contribution in [2.24, 2.45) is 5.73 Å². The molecule has 2 fully saturated rings. The zero-order valence-electron chi connectivity index (χ0n) is 11.7. The van der Waals surface area contributed by atoms with Crippen molar-refractivity contribution in [2.45, 2.75) is 30.8 Å². The minimum absolute atomic E-state index is 0.159. The second kappa shape index (κ2) is 6.11. The van der Waals surface area contributed by atoms with Gasteiger partial charge >= 0.3 is 0 Å². The summed E-state index contributed by atoms with van der Waals surface area (Å²) in [4.78, 5) is 12.2. The molecule has 21 heavy (non-hydrogen) atoms. The van der Waals surface area contributed by atoms with Crippen molar-refractivity contribution in [3.63, 3.8) is 0 Å². The van der Waals surface area contributed by atoms with Gasteiger partial charge in [-0.2, -0.15) is 0 Å². The van der Waals surface area contributed by atoms with Gasteiger partial charge in [-0.25, -0.2) is 0 Å². The molecule has 0 aromatic heterocycles. The van der Waals surface area contributed by atoms with Gasteiger partial charge in [0.2, 0.25) is 0 Å². The molecule has 4 atom stereocenters. The Labute approximate surface area is 123 Å². The van der Waals surface area contributed by atoms with Crippen LogP contribution >= 0.6 is 0 Å². The van der Waals surface area contributed by atoms with Crippen molar-refractivity contribution in [2.75, 3.05) is 19.8 Å². The number of nitrogens with one attached hydrogen (secondary N) is 1. The van der Waals surface area contributed by atoms with Gasteiger partial charge in [0.1, 0.15) is 18.3 Å². The fourth-order valence-corrected chi connectivity index (χ4v) is 2.84. The molecule has 0 radical (unpaired) electrons. The van der Waals surface area contributed by atoms with Crippen LogP contribution in [0.5, 0.6) is 0 Å². The summed E-state index contributed by atoms with van der Waals surface area (Å²) in [5.41, 5.74) is 7.21. The number of hydrogen-bond donors (Lipinski definition) is 3. The average molecular weight is 292 g/mol. The number of benzene rings is 1. The number of nitrogens with two attached hydrogens (primary N) is 1. The summed E-state index contributed by atoms with van der Waals surface area (Å²) >= 11 is 0. The highest BCUT2D eigenvalue weighted by atomic mass is 16.6. The number of carbonyl (C=O) groups is 1. The summed E-state index contributed by atoms with van der Waals surface area (Å²) in [5.74, 6) is -0.159. The Bertz CT molecular complexity index is 505. The van der Waals surface area contributed by atoms with Gasteiger partial charge in [0.15, 0.2) is 0 Å². The Morgan fingerprint density at radius 2 is 1.95 bits per heavy atom. The summed E-state index contributed by atoms with van der Waals surface area (Å²) < 4.78 is 11.0. The first-order chi connectivity index (χ1) is 10.2. The Balaban J connectivity index is 1.61. The van der Waals surface area contributed by atoms with Gasteiger partial charge < -0.3 is 25.6 Å². The van der Waals surface area contributed by atoms with E-state index in [1.807, 2.05) is 12.1 Å². The molecule has 6 heteroatoms. The number of aliphatic hydroxyl groups is 1. The highest BCUT2D eigenvalue weighted by Gasteiger charge is 2.47. The van der Waals surface area contributed by atoms with Crippen molar-refractivity contribution < 1.29 is 19.4 Å². The van der Waals surface area contributed by atoms with Crippen LogP contribution in [0.1, 0.15) is 15.9 Å². The number of carbonyl (C=O) groups excluding carboxylic acids is 1. The topological polar surface area (TPSA) is 93.8 Å². The highest BCUT2D eigenvalue weighted by Crippen LogP contribution is 2.27. The Hall–Kier alpha value is -1.47. The molecule has 6 nitrogen and oxygen atoms in total. The van der Waals surface area contributed by atoms with E-state index in [1.54, 1.807) is 12.1 Å². The summed E-state index contributed by atoms with van der Waals surface area (Å²) in [5, 5.41) is 12.6. The first-order valence-corrected chi connectivity index (χ1v) is 7.20. The molecule has 2 saturated heterocycles. The zero-order chi connectivity index (χ0) is 14.8. The SMILES string of the molecule is NCCc1ccc(C(=O)N[C@H]2CO[C@H]3[C@@H]2OC[C@H]3O)cc1. The van der Waals surface area contributed by atoms with Crippen LogP contribution in [-0.2, 0) is 15.9 Å². The van der Waals surface area contributed by atoms with E-state index in [9.17, 15) is 9.90 Å². The first-order valence-electron chi connectivity index (χ1n) is 7.20. The highest BCUT2D eigenvalue weighted by molar-refractivity contribution is 5.94. The Morgan fingerprint density at radius 1 is 1.24 bits per heavy atom. The van der Waals surface area contributed by atoms with Gasteiger partial charge in [-0.05, 0) is 30.7 Å². The second-order valence-electron chi connectivity index (χ2n) is 5.48. The Kier molecular flexibility index (Phi) is 4.21. The number of amides is 1. The molecule has 1 aromatic carbocycles. The molecule has 0 unspecified atom stereocenters. The fraction of sp³-hybridized carbons (Fsp3) is 0.533. The lowest BCUT2D eigenvalue weighted by atomic mass is 10.1. The molecule has 4 N–H and O–H groups in total. The standard InChI is InChI=1S/C15H20N2O4/c16-6-5-9-1-3-10(4-2-9)15(19)17-11-7-20-14-12(18)8-21-13(11)14/h1-4,11-14,18H,5-8,16H2,(H,17,19)/t11-,12+,13+,14+/m0/s1. The van der Waals surface area contributed by atoms with Gasteiger partial charge in [-0.3, -0.25) is 4.79 Å². The van der Waals surface area contributed by atoms with E-state index in [-0.39, 0.29) is 30.8 Å². The summed E-state index contributed by atoms with van der Waals surface area (Å²) in [6.07, 6.45) is -0.399. The monoisotopic (exact) mass is 292 g/mol. The van der Waals surface area contributed by atoms with Crippen molar-refractivity contribution >= 4 is 5.91 Å². The van der Waals surface area contributed by atoms with Crippen LogP contribution in [0.25, 0.3) is 0 Å².